The zero-order valence-electron chi connectivity index (χ0n) is 16.2. The van der Waals surface area contributed by atoms with Crippen LogP contribution in [-0.4, -0.2) is 44.0 Å². The van der Waals surface area contributed by atoms with E-state index >= 15 is 0 Å². The SMILES string of the molecule is CN(C(=O)Cn1nnc(-c2ccc(C(N)=O)cc2)n1)[C@H]1CCCc2ccccc21. The van der Waals surface area contributed by atoms with Crippen molar-refractivity contribution in [3.63, 3.8) is 0 Å². The molecule has 2 amide bonds. The highest BCUT2D eigenvalue weighted by atomic mass is 16.2. The van der Waals surface area contributed by atoms with Crippen molar-refractivity contribution in [3.8, 4) is 11.4 Å². The second-order valence-corrected chi connectivity index (χ2v) is 7.20. The molecule has 0 radical (unpaired) electrons. The van der Waals surface area contributed by atoms with Gasteiger partial charge in [0.05, 0.1) is 6.04 Å². The number of likely N-dealkylation sites (N-methyl/N-ethyl adjacent to an activating group) is 1. The number of hydrogen-bond donors (Lipinski definition) is 1. The third kappa shape index (κ3) is 3.87. The molecule has 148 valence electrons. The fourth-order valence-electron chi connectivity index (χ4n) is 3.75. The van der Waals surface area contributed by atoms with Gasteiger partial charge in [-0.3, -0.25) is 9.59 Å². The highest BCUT2D eigenvalue weighted by molar-refractivity contribution is 5.93. The van der Waals surface area contributed by atoms with Gasteiger partial charge in [0.25, 0.3) is 0 Å². The molecule has 2 N–H and O–H groups in total. The van der Waals surface area contributed by atoms with Crippen LogP contribution in [-0.2, 0) is 17.8 Å². The highest BCUT2D eigenvalue weighted by Crippen LogP contribution is 2.33. The molecule has 29 heavy (non-hydrogen) atoms. The van der Waals surface area contributed by atoms with E-state index < -0.39 is 5.91 Å². The van der Waals surface area contributed by atoms with Crippen molar-refractivity contribution in [2.75, 3.05) is 7.05 Å². The van der Waals surface area contributed by atoms with Gasteiger partial charge in [0.1, 0.15) is 6.54 Å². The molecular formula is C21H22N6O2. The molecule has 0 bridgehead atoms. The first-order valence-corrected chi connectivity index (χ1v) is 9.54. The second kappa shape index (κ2) is 7.83. The first-order valence-electron chi connectivity index (χ1n) is 9.54. The minimum atomic E-state index is -0.494. The number of amides is 2. The van der Waals surface area contributed by atoms with Crippen LogP contribution in [0.1, 0.15) is 40.4 Å². The van der Waals surface area contributed by atoms with E-state index in [-0.39, 0.29) is 18.5 Å². The Hall–Kier alpha value is -3.55. The average Bonchev–Trinajstić information content (AvgIpc) is 3.21. The van der Waals surface area contributed by atoms with E-state index in [9.17, 15) is 9.59 Å². The Labute approximate surface area is 168 Å². The van der Waals surface area contributed by atoms with E-state index in [1.807, 2.05) is 19.2 Å². The molecule has 0 aliphatic heterocycles. The number of aryl methyl sites for hydroxylation is 1. The van der Waals surface area contributed by atoms with E-state index in [0.29, 0.717) is 17.0 Å². The Balaban J connectivity index is 1.46. The van der Waals surface area contributed by atoms with Crippen molar-refractivity contribution >= 4 is 11.8 Å². The molecule has 8 heteroatoms. The Kier molecular flexibility index (Phi) is 5.07. The van der Waals surface area contributed by atoms with Crippen molar-refractivity contribution in [2.45, 2.75) is 31.8 Å². The summed E-state index contributed by atoms with van der Waals surface area (Å²) in [5.74, 6) is -0.176. The van der Waals surface area contributed by atoms with Crippen LogP contribution in [0.5, 0.6) is 0 Å². The van der Waals surface area contributed by atoms with Crippen LogP contribution in [0.3, 0.4) is 0 Å². The van der Waals surface area contributed by atoms with Crippen LogP contribution in [0.25, 0.3) is 11.4 Å². The third-order valence-electron chi connectivity index (χ3n) is 5.36. The van der Waals surface area contributed by atoms with Crippen LogP contribution in [0, 0.1) is 0 Å². The smallest absolute Gasteiger partial charge is 0.248 e. The van der Waals surface area contributed by atoms with E-state index in [2.05, 4.69) is 27.5 Å². The fourth-order valence-corrected chi connectivity index (χ4v) is 3.75. The number of nitrogens with two attached hydrogens (primary N) is 1. The summed E-state index contributed by atoms with van der Waals surface area (Å²) in [4.78, 5) is 27.1. The molecule has 0 saturated carbocycles. The summed E-state index contributed by atoms with van der Waals surface area (Å²) in [6, 6.07) is 15.0. The molecule has 1 aromatic heterocycles. The molecule has 0 spiro atoms. The van der Waals surface area contributed by atoms with Crippen molar-refractivity contribution in [2.24, 2.45) is 5.73 Å². The largest absolute Gasteiger partial charge is 0.366 e. The van der Waals surface area contributed by atoms with Crippen molar-refractivity contribution in [3.05, 3.63) is 65.2 Å². The predicted octanol–water partition coefficient (Wildman–Crippen LogP) is 1.97. The van der Waals surface area contributed by atoms with E-state index in [1.54, 1.807) is 29.2 Å². The number of nitrogens with zero attached hydrogens (tertiary/aromatic N) is 5. The van der Waals surface area contributed by atoms with Gasteiger partial charge in [-0.25, -0.2) is 0 Å². The van der Waals surface area contributed by atoms with E-state index in [1.165, 1.54) is 15.9 Å². The average molecular weight is 390 g/mol. The van der Waals surface area contributed by atoms with Crippen LogP contribution < -0.4 is 5.73 Å². The number of benzene rings is 2. The first-order chi connectivity index (χ1) is 14.0. The zero-order chi connectivity index (χ0) is 20.4. The lowest BCUT2D eigenvalue weighted by molar-refractivity contribution is -0.133. The highest BCUT2D eigenvalue weighted by Gasteiger charge is 2.27. The number of carbonyl (C=O) groups is 2. The van der Waals surface area contributed by atoms with E-state index in [0.717, 1.165) is 19.3 Å². The van der Waals surface area contributed by atoms with Gasteiger partial charge in [-0.05, 0) is 47.7 Å². The Morgan fingerprint density at radius 1 is 1.17 bits per heavy atom. The lowest BCUT2D eigenvalue weighted by Crippen LogP contribution is -2.36. The summed E-state index contributed by atoms with van der Waals surface area (Å²) in [6.45, 7) is 0.0154. The maximum atomic E-state index is 12.8. The second-order valence-electron chi connectivity index (χ2n) is 7.20. The molecule has 1 atom stereocenters. The normalized spacial score (nSPS) is 15.6. The minimum Gasteiger partial charge on any atom is -0.366 e. The number of aromatic nitrogens is 4. The molecule has 4 rings (SSSR count). The Bertz CT molecular complexity index is 1040. The Morgan fingerprint density at radius 2 is 1.93 bits per heavy atom. The maximum Gasteiger partial charge on any atom is 0.248 e. The molecule has 2 aromatic carbocycles. The van der Waals surface area contributed by atoms with Gasteiger partial charge >= 0.3 is 0 Å². The summed E-state index contributed by atoms with van der Waals surface area (Å²) in [6.07, 6.45) is 3.06. The van der Waals surface area contributed by atoms with Gasteiger partial charge in [0.2, 0.25) is 17.6 Å². The first kappa shape index (κ1) is 18.8. The van der Waals surface area contributed by atoms with Crippen molar-refractivity contribution in [1.29, 1.82) is 0 Å². The van der Waals surface area contributed by atoms with Gasteiger partial charge in [-0.15, -0.1) is 10.2 Å². The summed E-state index contributed by atoms with van der Waals surface area (Å²) < 4.78 is 0. The summed E-state index contributed by atoms with van der Waals surface area (Å²) in [7, 11) is 1.83. The standard InChI is InChI=1S/C21H22N6O2/c1-26(18-8-4-6-14-5-2-3-7-17(14)18)19(28)13-27-24-21(23-25-27)16-11-9-15(10-12-16)20(22)29/h2-3,5,7,9-12,18H,4,6,8,13H2,1H3,(H2,22,29)/t18-/m0/s1. The monoisotopic (exact) mass is 390 g/mol. The van der Waals surface area contributed by atoms with Crippen LogP contribution in [0.15, 0.2) is 48.5 Å². The van der Waals surface area contributed by atoms with Crippen LogP contribution in [0.2, 0.25) is 0 Å². The summed E-state index contributed by atoms with van der Waals surface area (Å²) in [5, 5.41) is 12.3. The Morgan fingerprint density at radius 3 is 2.69 bits per heavy atom. The number of fused-ring (bicyclic) bond motifs is 1. The van der Waals surface area contributed by atoms with Gasteiger partial charge in [0.15, 0.2) is 0 Å². The molecule has 0 saturated heterocycles. The van der Waals surface area contributed by atoms with Gasteiger partial charge in [-0.1, -0.05) is 36.4 Å². The van der Waals surface area contributed by atoms with Crippen molar-refractivity contribution in [1.82, 2.24) is 25.1 Å². The number of primary amides is 1. The predicted molar refractivity (Wildman–Crippen MR) is 107 cm³/mol. The zero-order valence-corrected chi connectivity index (χ0v) is 16.2. The number of hydrogen-bond acceptors (Lipinski definition) is 5. The molecule has 1 aliphatic carbocycles. The summed E-state index contributed by atoms with van der Waals surface area (Å²) in [5.41, 5.74) is 8.89. The van der Waals surface area contributed by atoms with E-state index in [4.69, 9.17) is 5.73 Å². The van der Waals surface area contributed by atoms with Crippen LogP contribution in [0.4, 0.5) is 0 Å². The fraction of sp³-hybridized carbons (Fsp3) is 0.286. The molecule has 3 aromatic rings. The number of carbonyl (C=O) groups excluding carboxylic acids is 2. The van der Waals surface area contributed by atoms with Gasteiger partial charge in [-0.2, -0.15) is 4.80 Å². The summed E-state index contributed by atoms with van der Waals surface area (Å²) >= 11 is 0. The minimum absolute atomic E-state index is 0.0154. The maximum absolute atomic E-state index is 12.8. The lowest BCUT2D eigenvalue weighted by atomic mass is 9.87. The quantitative estimate of drug-likeness (QED) is 0.717. The lowest BCUT2D eigenvalue weighted by Gasteiger charge is -2.33. The molecule has 1 aliphatic rings. The topological polar surface area (TPSA) is 107 Å². The van der Waals surface area contributed by atoms with Crippen molar-refractivity contribution < 1.29 is 9.59 Å². The number of rotatable bonds is 5. The van der Waals surface area contributed by atoms with Crippen LogP contribution >= 0.6 is 0 Å². The third-order valence-corrected chi connectivity index (χ3v) is 5.36. The molecule has 1 heterocycles. The molecule has 8 nitrogen and oxygen atoms in total. The molecule has 0 fully saturated rings. The molecular weight excluding hydrogens is 368 g/mol. The van der Waals surface area contributed by atoms with Gasteiger partial charge < -0.3 is 10.6 Å². The molecule has 0 unspecified atom stereocenters. The van der Waals surface area contributed by atoms with Gasteiger partial charge in [0, 0.05) is 18.2 Å². The number of tetrazole rings is 1.